The lowest BCUT2D eigenvalue weighted by Gasteiger charge is -2.07. The number of aromatic carboxylic acids is 1. The summed E-state index contributed by atoms with van der Waals surface area (Å²) in [6.45, 7) is 0.998. The summed E-state index contributed by atoms with van der Waals surface area (Å²) >= 11 is 0. The van der Waals surface area contributed by atoms with Crippen LogP contribution in [0.3, 0.4) is 0 Å². The molecule has 23 heavy (non-hydrogen) atoms. The molecule has 9 nitrogen and oxygen atoms in total. The maximum absolute atomic E-state index is 11.4. The lowest BCUT2D eigenvalue weighted by atomic mass is 10.1. The van der Waals surface area contributed by atoms with Crippen molar-refractivity contribution in [1.29, 1.82) is 0 Å². The fourth-order valence-electron chi connectivity index (χ4n) is 1.93. The first-order chi connectivity index (χ1) is 10.3. The Morgan fingerprint density at radius 3 is 2.52 bits per heavy atom. The van der Waals surface area contributed by atoms with Gasteiger partial charge in [-0.15, -0.1) is 12.4 Å². The summed E-state index contributed by atoms with van der Waals surface area (Å²) in [5.41, 5.74) is 5.59. The van der Waals surface area contributed by atoms with Gasteiger partial charge >= 0.3 is 16.2 Å². The number of aromatic nitrogens is 2. The molecule has 0 aliphatic rings. The lowest BCUT2D eigenvalue weighted by Crippen LogP contribution is -2.24. The third-order valence-corrected chi connectivity index (χ3v) is 3.71. The number of anilines is 1. The van der Waals surface area contributed by atoms with Gasteiger partial charge in [0.15, 0.2) is 5.69 Å². The monoisotopic (exact) mass is 361 g/mol. The average molecular weight is 362 g/mol. The van der Waals surface area contributed by atoms with Gasteiger partial charge in [0.25, 0.3) is 0 Å². The molecule has 0 fully saturated rings. The Bertz CT molecular complexity index is 788. The molecule has 0 aromatic carbocycles. The van der Waals surface area contributed by atoms with E-state index in [1.165, 1.54) is 12.3 Å². The first-order valence-corrected chi connectivity index (χ1v) is 7.73. The largest absolute Gasteiger partial charge is 0.477 e. The fraction of sp³-hybridized carbons (Fsp3) is 0.167. The summed E-state index contributed by atoms with van der Waals surface area (Å²) in [6.07, 6.45) is 2.53. The highest BCUT2D eigenvalue weighted by Gasteiger charge is 2.22. The van der Waals surface area contributed by atoms with Gasteiger partial charge in [0.1, 0.15) is 5.82 Å². The molecule has 11 heteroatoms. The molecule has 0 radical (unpaired) electrons. The molecule has 0 spiro atoms. The van der Waals surface area contributed by atoms with Gasteiger partial charge in [-0.2, -0.15) is 8.42 Å². The number of rotatable bonds is 6. The number of carbonyl (C=O) groups is 1. The average Bonchev–Trinajstić information content (AvgIpc) is 2.90. The molecule has 0 amide bonds. The zero-order valence-electron chi connectivity index (χ0n) is 11.8. The molecular formula is C12H16ClN5O4S. The number of carboxylic acid groups (broad SMARTS) is 1. The van der Waals surface area contributed by atoms with Crippen LogP contribution in [0, 0.1) is 0 Å². The van der Waals surface area contributed by atoms with Crippen LogP contribution in [0.1, 0.15) is 10.5 Å². The van der Waals surface area contributed by atoms with Gasteiger partial charge in [-0.25, -0.2) is 18.9 Å². The minimum Gasteiger partial charge on any atom is -0.477 e. The van der Waals surface area contributed by atoms with E-state index < -0.39 is 21.9 Å². The maximum Gasteiger partial charge on any atom is 0.354 e. The molecular weight excluding hydrogens is 346 g/mol. The van der Waals surface area contributed by atoms with Crippen LogP contribution in [-0.2, 0) is 10.2 Å². The molecule has 0 saturated carbocycles. The van der Waals surface area contributed by atoms with E-state index in [0.29, 0.717) is 28.4 Å². The van der Waals surface area contributed by atoms with Crippen molar-refractivity contribution in [2.45, 2.75) is 0 Å². The van der Waals surface area contributed by atoms with Crippen LogP contribution in [0.4, 0.5) is 5.82 Å². The van der Waals surface area contributed by atoms with Crippen molar-refractivity contribution in [2.24, 2.45) is 10.9 Å². The van der Waals surface area contributed by atoms with Gasteiger partial charge in [0.05, 0.1) is 0 Å². The van der Waals surface area contributed by atoms with Gasteiger partial charge in [-0.3, -0.25) is 0 Å². The number of nitrogens with two attached hydrogens (primary N) is 2. The molecule has 0 saturated heterocycles. The Kier molecular flexibility index (Phi) is 6.10. The predicted octanol–water partition coefficient (Wildman–Crippen LogP) is 0.0923. The Morgan fingerprint density at radius 2 is 2.04 bits per heavy atom. The first kappa shape index (κ1) is 18.9. The van der Waals surface area contributed by atoms with Crippen LogP contribution in [0.25, 0.3) is 11.1 Å². The SMILES string of the molecule is Cl.NCCNc1ccc(-c2ccn(S(N)(=O)=O)c2C(=O)O)cn1. The van der Waals surface area contributed by atoms with Crippen LogP contribution in [0.15, 0.2) is 30.6 Å². The molecule has 0 bridgehead atoms. The number of nitrogens with zero attached hydrogens (tertiary/aromatic N) is 2. The predicted molar refractivity (Wildman–Crippen MR) is 87.9 cm³/mol. The highest BCUT2D eigenvalue weighted by atomic mass is 35.5. The Hall–Kier alpha value is -2.14. The second kappa shape index (κ2) is 7.42. The maximum atomic E-state index is 11.4. The third-order valence-electron chi connectivity index (χ3n) is 2.85. The van der Waals surface area contributed by atoms with Gasteiger partial charge < -0.3 is 16.2 Å². The van der Waals surface area contributed by atoms with Crippen molar-refractivity contribution < 1.29 is 18.3 Å². The highest BCUT2D eigenvalue weighted by molar-refractivity contribution is 7.87. The van der Waals surface area contributed by atoms with Crippen LogP contribution >= 0.6 is 12.4 Å². The van der Waals surface area contributed by atoms with Gasteiger partial charge in [0.2, 0.25) is 0 Å². The zero-order chi connectivity index (χ0) is 16.3. The molecule has 2 aromatic rings. The Labute approximate surface area is 138 Å². The molecule has 6 N–H and O–H groups in total. The number of hydrogen-bond acceptors (Lipinski definition) is 6. The van der Waals surface area contributed by atoms with E-state index in [-0.39, 0.29) is 18.0 Å². The normalized spacial score (nSPS) is 10.9. The summed E-state index contributed by atoms with van der Waals surface area (Å²) in [7, 11) is -4.20. The van der Waals surface area contributed by atoms with Crippen LogP contribution in [0.2, 0.25) is 0 Å². The van der Waals surface area contributed by atoms with Crippen molar-refractivity contribution in [3.8, 4) is 11.1 Å². The summed E-state index contributed by atoms with van der Waals surface area (Å²) in [5.74, 6) is -0.823. The molecule has 2 rings (SSSR count). The molecule has 0 atom stereocenters. The molecule has 2 heterocycles. The number of pyridine rings is 1. The number of nitrogens with one attached hydrogen (secondary N) is 1. The second-order valence-corrected chi connectivity index (χ2v) is 5.79. The number of halogens is 1. The highest BCUT2D eigenvalue weighted by Crippen LogP contribution is 2.26. The minimum atomic E-state index is -4.20. The Balaban J connectivity index is 0.00000264. The van der Waals surface area contributed by atoms with Crippen LogP contribution in [-0.4, -0.2) is 41.5 Å². The van der Waals surface area contributed by atoms with E-state index in [1.807, 2.05) is 0 Å². The molecule has 126 valence electrons. The summed E-state index contributed by atoms with van der Waals surface area (Å²) in [5, 5.41) is 17.2. The van der Waals surface area contributed by atoms with Crippen LogP contribution in [0.5, 0.6) is 0 Å². The standard InChI is InChI=1S/C12H15N5O4S.ClH/c13-4-5-15-10-2-1-8(7-16-10)9-3-6-17(22(14,20)21)11(9)12(18)19;/h1-3,6-7H,4-5,13H2,(H,15,16)(H,18,19)(H2,14,20,21);1H. The smallest absolute Gasteiger partial charge is 0.354 e. The minimum absolute atomic E-state index is 0. The van der Waals surface area contributed by atoms with Crippen molar-refractivity contribution in [2.75, 3.05) is 18.4 Å². The number of carboxylic acids is 1. The zero-order valence-corrected chi connectivity index (χ0v) is 13.5. The number of hydrogen-bond donors (Lipinski definition) is 4. The van der Waals surface area contributed by atoms with E-state index in [0.717, 1.165) is 6.20 Å². The first-order valence-electron chi connectivity index (χ1n) is 6.23. The summed E-state index contributed by atoms with van der Waals surface area (Å²) < 4.78 is 23.3. The third kappa shape index (κ3) is 4.20. The lowest BCUT2D eigenvalue weighted by molar-refractivity contribution is 0.0690. The molecule has 0 unspecified atom stereocenters. The topological polar surface area (TPSA) is 153 Å². The van der Waals surface area contributed by atoms with Gasteiger partial charge in [-0.05, 0) is 18.2 Å². The van der Waals surface area contributed by atoms with Crippen molar-refractivity contribution in [3.05, 3.63) is 36.3 Å². The van der Waals surface area contributed by atoms with E-state index in [4.69, 9.17) is 10.9 Å². The summed E-state index contributed by atoms with van der Waals surface area (Å²) in [4.78, 5) is 15.5. The molecule has 0 aliphatic heterocycles. The van der Waals surface area contributed by atoms with E-state index in [9.17, 15) is 18.3 Å². The fourth-order valence-corrected chi connectivity index (χ4v) is 2.59. The van der Waals surface area contributed by atoms with Crippen molar-refractivity contribution in [1.82, 2.24) is 8.96 Å². The van der Waals surface area contributed by atoms with E-state index in [1.54, 1.807) is 12.1 Å². The molecule has 2 aromatic heterocycles. The summed E-state index contributed by atoms with van der Waals surface area (Å²) in [6, 6.07) is 4.63. The second-order valence-electron chi connectivity index (χ2n) is 4.37. The Morgan fingerprint density at radius 1 is 1.35 bits per heavy atom. The van der Waals surface area contributed by atoms with Crippen molar-refractivity contribution >= 4 is 34.4 Å². The van der Waals surface area contributed by atoms with Crippen LogP contribution < -0.4 is 16.2 Å². The van der Waals surface area contributed by atoms with Gasteiger partial charge in [-0.1, -0.05) is 0 Å². The quantitative estimate of drug-likeness (QED) is 0.568. The van der Waals surface area contributed by atoms with E-state index >= 15 is 0 Å². The van der Waals surface area contributed by atoms with Gasteiger partial charge in [0, 0.05) is 36.6 Å². The van der Waals surface area contributed by atoms with Crippen molar-refractivity contribution in [3.63, 3.8) is 0 Å². The molecule has 0 aliphatic carbocycles. The van der Waals surface area contributed by atoms with E-state index in [2.05, 4.69) is 10.3 Å².